The Morgan fingerprint density at radius 3 is 2.19 bits per heavy atom. The number of anilines is 1. The maximum absolute atomic E-state index is 12.9. The average Bonchev–Trinajstić information content (AvgIpc) is 2.90. The minimum absolute atomic E-state index is 0.250. The van der Waals surface area contributed by atoms with Crippen LogP contribution in [0.15, 0.2) is 77.7 Å². The number of amides is 1. The molecule has 0 unspecified atom stereocenters. The van der Waals surface area contributed by atoms with Crippen LogP contribution < -0.4 is 5.32 Å². The number of benzene rings is 3. The predicted molar refractivity (Wildman–Crippen MR) is 142 cm³/mol. The number of rotatable bonds is 8. The summed E-state index contributed by atoms with van der Waals surface area (Å²) in [6.07, 6.45) is 0. The van der Waals surface area contributed by atoms with Gasteiger partial charge in [0.25, 0.3) is 5.91 Å². The van der Waals surface area contributed by atoms with E-state index >= 15 is 0 Å². The Morgan fingerprint density at radius 1 is 0.892 bits per heavy atom. The van der Waals surface area contributed by atoms with Crippen LogP contribution in [0.1, 0.15) is 38.8 Å². The fourth-order valence-corrected chi connectivity index (χ4v) is 5.60. The van der Waals surface area contributed by atoms with Crippen molar-refractivity contribution < 1.29 is 22.7 Å². The molecule has 0 atom stereocenters. The van der Waals surface area contributed by atoms with Crippen molar-refractivity contribution in [2.45, 2.75) is 25.3 Å². The van der Waals surface area contributed by atoms with Crippen LogP contribution in [0.25, 0.3) is 0 Å². The fraction of sp³-hybridized carbons (Fsp3) is 0.286. The number of ether oxygens (including phenoxy) is 1. The number of sulfonamides is 1. The molecule has 1 saturated heterocycles. The van der Waals surface area contributed by atoms with Gasteiger partial charge in [-0.2, -0.15) is 4.31 Å². The standard InChI is InChI=1S/C28H31N3O5S/c1-3-36-28(33)25-6-4-5-7-26(25)29-27(32)23-12-10-22(11-13-23)20-30-16-18-31(19-17-30)37(34,35)24-14-8-21(2)9-15-24/h4-15H,3,16-20H2,1-2H3,(H,29,32). The van der Waals surface area contributed by atoms with E-state index in [2.05, 4.69) is 10.2 Å². The largest absolute Gasteiger partial charge is 0.462 e. The summed E-state index contributed by atoms with van der Waals surface area (Å²) < 4.78 is 32.5. The van der Waals surface area contributed by atoms with Crippen molar-refractivity contribution in [2.75, 3.05) is 38.1 Å². The molecule has 3 aromatic rings. The second-order valence-corrected chi connectivity index (χ2v) is 10.8. The number of aryl methyl sites for hydroxylation is 1. The zero-order chi connectivity index (χ0) is 26.4. The monoisotopic (exact) mass is 521 g/mol. The molecule has 1 N–H and O–H groups in total. The molecule has 1 fully saturated rings. The molecule has 0 spiro atoms. The van der Waals surface area contributed by atoms with E-state index in [1.54, 1.807) is 55.5 Å². The van der Waals surface area contributed by atoms with Gasteiger partial charge in [-0.15, -0.1) is 0 Å². The van der Waals surface area contributed by atoms with E-state index in [4.69, 9.17) is 4.74 Å². The summed E-state index contributed by atoms with van der Waals surface area (Å²) in [5.74, 6) is -0.807. The molecule has 9 heteroatoms. The second kappa shape index (κ2) is 11.7. The van der Waals surface area contributed by atoms with Crippen LogP contribution in [0.5, 0.6) is 0 Å². The summed E-state index contributed by atoms with van der Waals surface area (Å²) in [7, 11) is -3.49. The van der Waals surface area contributed by atoms with Crippen molar-refractivity contribution in [3.63, 3.8) is 0 Å². The fourth-order valence-electron chi connectivity index (χ4n) is 4.18. The first-order chi connectivity index (χ1) is 17.8. The zero-order valence-electron chi connectivity index (χ0n) is 21.0. The number of carbonyl (C=O) groups excluding carboxylic acids is 2. The number of piperazine rings is 1. The quantitative estimate of drug-likeness (QED) is 0.452. The highest BCUT2D eigenvalue weighted by atomic mass is 32.2. The lowest BCUT2D eigenvalue weighted by Crippen LogP contribution is -2.48. The third-order valence-corrected chi connectivity index (χ3v) is 8.20. The van der Waals surface area contributed by atoms with Gasteiger partial charge in [-0.3, -0.25) is 9.69 Å². The predicted octanol–water partition coefficient (Wildman–Crippen LogP) is 3.93. The Hall–Kier alpha value is -3.53. The third-order valence-electron chi connectivity index (χ3n) is 6.28. The van der Waals surface area contributed by atoms with Gasteiger partial charge >= 0.3 is 5.97 Å². The molecule has 0 aromatic heterocycles. The van der Waals surface area contributed by atoms with Crippen LogP contribution >= 0.6 is 0 Å². The summed E-state index contributed by atoms with van der Waals surface area (Å²) in [5, 5.41) is 2.79. The molecular weight excluding hydrogens is 490 g/mol. The van der Waals surface area contributed by atoms with E-state index in [0.29, 0.717) is 54.4 Å². The summed E-state index contributed by atoms with van der Waals surface area (Å²) in [5.41, 5.74) is 3.22. The first-order valence-electron chi connectivity index (χ1n) is 12.2. The number of hydrogen-bond acceptors (Lipinski definition) is 6. The van der Waals surface area contributed by atoms with Gasteiger partial charge in [-0.25, -0.2) is 13.2 Å². The Morgan fingerprint density at radius 2 is 1.54 bits per heavy atom. The third kappa shape index (κ3) is 6.43. The SMILES string of the molecule is CCOC(=O)c1ccccc1NC(=O)c1ccc(CN2CCN(S(=O)(=O)c3ccc(C)cc3)CC2)cc1. The highest BCUT2D eigenvalue weighted by Crippen LogP contribution is 2.20. The molecule has 1 heterocycles. The van der Waals surface area contributed by atoms with Gasteiger partial charge in [0, 0.05) is 38.3 Å². The summed E-state index contributed by atoms with van der Waals surface area (Å²) >= 11 is 0. The lowest BCUT2D eigenvalue weighted by molar-refractivity contribution is 0.0527. The van der Waals surface area contributed by atoms with Crippen molar-refractivity contribution in [3.05, 3.63) is 95.1 Å². The van der Waals surface area contributed by atoms with Gasteiger partial charge < -0.3 is 10.1 Å². The molecule has 0 saturated carbocycles. The first kappa shape index (κ1) is 26.5. The number of carbonyl (C=O) groups is 2. The summed E-state index contributed by atoms with van der Waals surface area (Å²) in [6.45, 7) is 6.67. The molecule has 0 radical (unpaired) electrons. The highest BCUT2D eigenvalue weighted by Gasteiger charge is 2.28. The molecule has 0 bridgehead atoms. The molecule has 1 amide bonds. The van der Waals surface area contributed by atoms with Crippen LogP contribution in [0, 0.1) is 6.92 Å². The Kier molecular flexibility index (Phi) is 8.38. The highest BCUT2D eigenvalue weighted by molar-refractivity contribution is 7.89. The van der Waals surface area contributed by atoms with E-state index in [-0.39, 0.29) is 12.5 Å². The van der Waals surface area contributed by atoms with Crippen LogP contribution in [0.4, 0.5) is 5.69 Å². The number of nitrogens with zero attached hydrogens (tertiary/aromatic N) is 2. The topological polar surface area (TPSA) is 96.0 Å². The van der Waals surface area contributed by atoms with Crippen LogP contribution in [0.3, 0.4) is 0 Å². The van der Waals surface area contributed by atoms with Gasteiger partial charge in [0.05, 0.1) is 22.8 Å². The van der Waals surface area contributed by atoms with Crippen LogP contribution in [-0.2, 0) is 21.3 Å². The lowest BCUT2D eigenvalue weighted by Gasteiger charge is -2.34. The van der Waals surface area contributed by atoms with Crippen LogP contribution in [-0.4, -0.2) is 62.3 Å². The van der Waals surface area contributed by atoms with Gasteiger partial charge in [-0.05, 0) is 55.8 Å². The molecule has 37 heavy (non-hydrogen) atoms. The summed E-state index contributed by atoms with van der Waals surface area (Å²) in [6, 6.07) is 20.9. The molecule has 194 valence electrons. The van der Waals surface area contributed by atoms with Crippen molar-refractivity contribution in [1.82, 2.24) is 9.21 Å². The maximum Gasteiger partial charge on any atom is 0.340 e. The molecule has 0 aliphatic carbocycles. The number of nitrogens with one attached hydrogen (secondary N) is 1. The van der Waals surface area contributed by atoms with Gasteiger partial charge in [0.1, 0.15) is 0 Å². The minimum atomic E-state index is -3.49. The molecule has 1 aliphatic heterocycles. The van der Waals surface area contributed by atoms with E-state index in [0.717, 1.165) is 11.1 Å². The van der Waals surface area contributed by atoms with Crippen molar-refractivity contribution in [2.24, 2.45) is 0 Å². The summed E-state index contributed by atoms with van der Waals surface area (Å²) in [4.78, 5) is 27.5. The average molecular weight is 522 g/mol. The van der Waals surface area contributed by atoms with E-state index in [9.17, 15) is 18.0 Å². The van der Waals surface area contributed by atoms with E-state index < -0.39 is 16.0 Å². The minimum Gasteiger partial charge on any atom is -0.462 e. The smallest absolute Gasteiger partial charge is 0.340 e. The molecule has 3 aromatic carbocycles. The van der Waals surface area contributed by atoms with Gasteiger partial charge in [0.2, 0.25) is 10.0 Å². The van der Waals surface area contributed by atoms with Crippen molar-refractivity contribution >= 4 is 27.6 Å². The Bertz CT molecular complexity index is 1350. The van der Waals surface area contributed by atoms with Crippen LogP contribution in [0.2, 0.25) is 0 Å². The Labute approximate surface area is 217 Å². The maximum atomic E-state index is 12.9. The number of para-hydroxylation sites is 1. The Balaban J connectivity index is 1.33. The van der Waals surface area contributed by atoms with Crippen molar-refractivity contribution in [3.8, 4) is 0 Å². The lowest BCUT2D eigenvalue weighted by atomic mass is 10.1. The second-order valence-electron chi connectivity index (χ2n) is 8.91. The molecule has 4 rings (SSSR count). The normalized spacial score (nSPS) is 14.8. The zero-order valence-corrected chi connectivity index (χ0v) is 21.8. The van der Waals surface area contributed by atoms with Gasteiger partial charge in [0.15, 0.2) is 0 Å². The van der Waals surface area contributed by atoms with Gasteiger partial charge in [-0.1, -0.05) is 42.0 Å². The van der Waals surface area contributed by atoms with Crippen molar-refractivity contribution in [1.29, 1.82) is 0 Å². The molecular formula is C28H31N3O5S. The first-order valence-corrected chi connectivity index (χ1v) is 13.7. The molecule has 8 nitrogen and oxygen atoms in total. The number of hydrogen-bond donors (Lipinski definition) is 1. The number of esters is 1. The van der Waals surface area contributed by atoms with E-state index in [1.165, 1.54) is 4.31 Å². The molecule has 1 aliphatic rings. The van der Waals surface area contributed by atoms with E-state index in [1.807, 2.05) is 31.2 Å².